The first-order chi connectivity index (χ1) is 17.4. The van der Waals surface area contributed by atoms with Gasteiger partial charge in [0.2, 0.25) is 5.91 Å². The molecule has 3 aromatic carbocycles. The van der Waals surface area contributed by atoms with Gasteiger partial charge in [0, 0.05) is 47.7 Å². The van der Waals surface area contributed by atoms with Gasteiger partial charge in [0.25, 0.3) is 0 Å². The van der Waals surface area contributed by atoms with Gasteiger partial charge >= 0.3 is 0 Å². The summed E-state index contributed by atoms with van der Waals surface area (Å²) >= 11 is 12.2. The van der Waals surface area contributed by atoms with E-state index < -0.39 is 17.6 Å². The molecule has 1 saturated carbocycles. The Balaban J connectivity index is 1.44. The van der Waals surface area contributed by atoms with E-state index in [0.717, 1.165) is 30.0 Å². The Morgan fingerprint density at radius 3 is 2.08 bits per heavy atom. The maximum atomic E-state index is 14.2. The van der Waals surface area contributed by atoms with Crippen molar-refractivity contribution in [3.8, 4) is 0 Å². The molecule has 5 rings (SSSR count). The van der Waals surface area contributed by atoms with Gasteiger partial charge in [-0.25, -0.2) is 8.78 Å². The van der Waals surface area contributed by atoms with Crippen LogP contribution in [0.4, 0.5) is 8.78 Å². The van der Waals surface area contributed by atoms with Crippen LogP contribution < -0.4 is 5.32 Å². The fourth-order valence-corrected chi connectivity index (χ4v) is 5.41. The number of nitrogens with zero attached hydrogens (tertiary/aromatic N) is 1. The first-order valence-corrected chi connectivity index (χ1v) is 13.1. The third-order valence-corrected chi connectivity index (χ3v) is 7.79. The van der Waals surface area contributed by atoms with Crippen molar-refractivity contribution >= 4 is 29.1 Å². The Morgan fingerprint density at radius 1 is 0.917 bits per heavy atom. The monoisotopic (exact) mass is 528 g/mol. The van der Waals surface area contributed by atoms with Crippen LogP contribution in [0.1, 0.15) is 35.4 Å². The molecular formula is C29H28Cl2F2N2O. The second-order valence-corrected chi connectivity index (χ2v) is 10.9. The number of hydrogen-bond acceptors (Lipinski definition) is 2. The summed E-state index contributed by atoms with van der Waals surface area (Å²) in [7, 11) is 0. The maximum absolute atomic E-state index is 14.2. The van der Waals surface area contributed by atoms with E-state index in [1.54, 1.807) is 0 Å². The molecule has 1 amide bonds. The van der Waals surface area contributed by atoms with E-state index in [1.165, 1.54) is 12.1 Å². The number of carbonyl (C=O) groups is 1. The molecule has 2 fully saturated rings. The van der Waals surface area contributed by atoms with Gasteiger partial charge in [-0.3, -0.25) is 9.69 Å². The van der Waals surface area contributed by atoms with Crippen molar-refractivity contribution in [1.29, 1.82) is 0 Å². The predicted octanol–water partition coefficient (Wildman–Crippen LogP) is 6.62. The Bertz CT molecular complexity index is 1190. The number of likely N-dealkylation sites (tertiary alicyclic amines) is 1. The van der Waals surface area contributed by atoms with Crippen LogP contribution in [0.2, 0.25) is 10.0 Å². The van der Waals surface area contributed by atoms with E-state index in [9.17, 15) is 13.6 Å². The molecule has 2 aliphatic rings. The minimum absolute atomic E-state index is 0.00450. The first kappa shape index (κ1) is 25.2. The third-order valence-electron chi connectivity index (χ3n) is 7.28. The Morgan fingerprint density at radius 2 is 1.50 bits per heavy atom. The van der Waals surface area contributed by atoms with Crippen LogP contribution in [0.3, 0.4) is 0 Å². The molecule has 0 spiro atoms. The molecule has 3 nitrogen and oxygen atoms in total. The van der Waals surface area contributed by atoms with Gasteiger partial charge < -0.3 is 5.32 Å². The van der Waals surface area contributed by atoms with E-state index in [4.69, 9.17) is 23.2 Å². The topological polar surface area (TPSA) is 32.3 Å². The maximum Gasteiger partial charge on any atom is 0.227 e. The number of amides is 1. The largest absolute Gasteiger partial charge is 0.355 e. The second-order valence-electron chi connectivity index (χ2n) is 9.99. The molecule has 1 N–H and O–H groups in total. The molecular weight excluding hydrogens is 501 g/mol. The van der Waals surface area contributed by atoms with Crippen LogP contribution in [0.5, 0.6) is 0 Å². The Hall–Kier alpha value is -2.47. The minimum atomic E-state index is -0.670. The van der Waals surface area contributed by atoms with E-state index in [1.807, 2.05) is 48.5 Å². The molecule has 188 valence electrons. The number of benzene rings is 3. The van der Waals surface area contributed by atoms with Crippen LogP contribution in [0.25, 0.3) is 0 Å². The fraction of sp³-hybridized carbons (Fsp3) is 0.345. The van der Waals surface area contributed by atoms with Crippen LogP contribution in [0.15, 0.2) is 66.7 Å². The van der Waals surface area contributed by atoms with Gasteiger partial charge in [-0.05, 0) is 78.3 Å². The van der Waals surface area contributed by atoms with Gasteiger partial charge in [0.1, 0.15) is 11.6 Å². The van der Waals surface area contributed by atoms with Crippen LogP contribution in [-0.4, -0.2) is 29.9 Å². The molecule has 0 aromatic heterocycles. The number of halogens is 4. The first-order valence-electron chi connectivity index (χ1n) is 12.3. The summed E-state index contributed by atoms with van der Waals surface area (Å²) in [5, 5.41) is 4.40. The van der Waals surface area contributed by atoms with Gasteiger partial charge in [-0.2, -0.15) is 0 Å². The highest BCUT2D eigenvalue weighted by atomic mass is 35.5. The van der Waals surface area contributed by atoms with Crippen molar-refractivity contribution in [1.82, 2.24) is 10.2 Å². The molecule has 1 aliphatic heterocycles. The SMILES string of the molecule is O=C(NCC1CC1)C(c1cc(F)cc(F)c1)C1CN(Cc2ccc(Cl)cc2)C1Cc1ccc(Cl)cc1. The Labute approximate surface area is 220 Å². The molecule has 7 heteroatoms. The summed E-state index contributed by atoms with van der Waals surface area (Å²) < 4.78 is 28.5. The molecule has 36 heavy (non-hydrogen) atoms. The highest BCUT2D eigenvalue weighted by Crippen LogP contribution is 2.41. The minimum Gasteiger partial charge on any atom is -0.355 e. The van der Waals surface area contributed by atoms with E-state index in [0.29, 0.717) is 47.6 Å². The number of carbonyl (C=O) groups excluding carboxylic acids is 1. The molecule has 1 aliphatic carbocycles. The number of hydrogen-bond donors (Lipinski definition) is 1. The quantitative estimate of drug-likeness (QED) is 0.338. The molecule has 0 radical (unpaired) electrons. The molecule has 1 saturated heterocycles. The molecule has 3 unspecified atom stereocenters. The van der Waals surface area contributed by atoms with Crippen molar-refractivity contribution in [3.05, 3.63) is 105 Å². The standard InChI is InChI=1S/C29H28Cl2F2N2O/c30-22-7-3-18(4-8-22)11-27-26(17-35(27)16-20-5-9-23(31)10-6-20)28(29(36)34-15-19-1-2-19)21-12-24(32)14-25(33)13-21/h3-10,12-14,19,26-28H,1-2,11,15-17H2,(H,34,36). The third kappa shape index (κ3) is 6.08. The molecule has 1 heterocycles. The zero-order valence-electron chi connectivity index (χ0n) is 19.8. The average molecular weight is 529 g/mol. The van der Waals surface area contributed by atoms with Gasteiger partial charge in [-0.15, -0.1) is 0 Å². The van der Waals surface area contributed by atoms with Crippen molar-refractivity contribution in [2.45, 2.75) is 37.8 Å². The van der Waals surface area contributed by atoms with Crippen LogP contribution in [0, 0.1) is 23.5 Å². The lowest BCUT2D eigenvalue weighted by molar-refractivity contribution is -0.127. The summed E-state index contributed by atoms with van der Waals surface area (Å²) in [6, 6.07) is 18.9. The summed E-state index contributed by atoms with van der Waals surface area (Å²) in [6.07, 6.45) is 2.91. The van der Waals surface area contributed by atoms with Gasteiger partial charge in [-0.1, -0.05) is 47.5 Å². The van der Waals surface area contributed by atoms with Crippen molar-refractivity contribution in [2.24, 2.45) is 11.8 Å². The zero-order chi connectivity index (χ0) is 25.2. The fourth-order valence-electron chi connectivity index (χ4n) is 5.16. The van der Waals surface area contributed by atoms with Gasteiger partial charge in [0.05, 0.1) is 5.92 Å². The van der Waals surface area contributed by atoms with Crippen LogP contribution in [-0.2, 0) is 17.8 Å². The van der Waals surface area contributed by atoms with Crippen molar-refractivity contribution in [3.63, 3.8) is 0 Å². The summed E-state index contributed by atoms with van der Waals surface area (Å²) in [4.78, 5) is 15.8. The molecule has 3 aromatic rings. The lowest BCUT2D eigenvalue weighted by Crippen LogP contribution is -2.60. The number of nitrogens with one attached hydrogen (secondary N) is 1. The van der Waals surface area contributed by atoms with Crippen molar-refractivity contribution < 1.29 is 13.6 Å². The van der Waals surface area contributed by atoms with Crippen LogP contribution >= 0.6 is 23.2 Å². The lowest BCUT2D eigenvalue weighted by atomic mass is 9.72. The zero-order valence-corrected chi connectivity index (χ0v) is 21.3. The highest BCUT2D eigenvalue weighted by Gasteiger charge is 2.46. The number of rotatable bonds is 9. The normalized spacial score (nSPS) is 20.6. The summed E-state index contributed by atoms with van der Waals surface area (Å²) in [5.41, 5.74) is 2.60. The average Bonchev–Trinajstić information content (AvgIpc) is 3.67. The molecule has 3 atom stereocenters. The second kappa shape index (κ2) is 10.9. The van der Waals surface area contributed by atoms with Gasteiger partial charge in [0.15, 0.2) is 0 Å². The van der Waals surface area contributed by atoms with E-state index in [2.05, 4.69) is 10.2 Å². The van der Waals surface area contributed by atoms with E-state index in [-0.39, 0.29) is 17.9 Å². The summed E-state index contributed by atoms with van der Waals surface area (Å²) in [5.74, 6) is -1.75. The van der Waals surface area contributed by atoms with E-state index >= 15 is 0 Å². The molecule has 0 bridgehead atoms. The Kier molecular flexibility index (Phi) is 7.61. The predicted molar refractivity (Wildman–Crippen MR) is 139 cm³/mol. The summed E-state index contributed by atoms with van der Waals surface area (Å²) in [6.45, 7) is 1.94. The smallest absolute Gasteiger partial charge is 0.227 e. The highest BCUT2D eigenvalue weighted by molar-refractivity contribution is 6.30. The van der Waals surface area contributed by atoms with Crippen molar-refractivity contribution in [2.75, 3.05) is 13.1 Å². The lowest BCUT2D eigenvalue weighted by Gasteiger charge is -2.51.